The predicted molar refractivity (Wildman–Crippen MR) is 65.4 cm³/mol. The summed E-state index contributed by atoms with van der Waals surface area (Å²) in [6.45, 7) is 6.08. The van der Waals surface area contributed by atoms with E-state index in [1.165, 1.54) is 0 Å². The van der Waals surface area contributed by atoms with Crippen molar-refractivity contribution < 1.29 is 15.0 Å². The van der Waals surface area contributed by atoms with Gasteiger partial charge in [0.1, 0.15) is 0 Å². The molecule has 3 nitrogen and oxygen atoms in total. The highest BCUT2D eigenvalue weighted by Gasteiger charge is 2.53. The van der Waals surface area contributed by atoms with Crippen LogP contribution < -0.4 is 0 Å². The van der Waals surface area contributed by atoms with Crippen molar-refractivity contribution in [3.05, 3.63) is 11.6 Å². The molecular weight excluding hydrogens is 216 g/mol. The number of aliphatic hydroxyl groups excluding tert-OH is 1. The van der Waals surface area contributed by atoms with E-state index in [-0.39, 0.29) is 29.6 Å². The Hall–Kier alpha value is -0.670. The van der Waals surface area contributed by atoms with Crippen LogP contribution in [-0.4, -0.2) is 28.2 Å². The summed E-state index contributed by atoms with van der Waals surface area (Å²) in [5, 5.41) is 19.7. The van der Waals surface area contributed by atoms with Gasteiger partial charge in [0, 0.05) is 18.4 Å². The summed E-state index contributed by atoms with van der Waals surface area (Å²) < 4.78 is 0. The highest BCUT2D eigenvalue weighted by Crippen LogP contribution is 2.53. The molecule has 17 heavy (non-hydrogen) atoms. The quantitative estimate of drug-likeness (QED) is 0.769. The molecule has 2 aliphatic rings. The largest absolute Gasteiger partial charge is 0.396 e. The van der Waals surface area contributed by atoms with Gasteiger partial charge < -0.3 is 10.2 Å². The number of rotatable bonds is 2. The van der Waals surface area contributed by atoms with Crippen molar-refractivity contribution in [1.29, 1.82) is 0 Å². The van der Waals surface area contributed by atoms with Crippen LogP contribution >= 0.6 is 0 Å². The number of fused-ring (bicyclic) bond motifs is 1. The first-order chi connectivity index (χ1) is 7.78. The van der Waals surface area contributed by atoms with Crippen molar-refractivity contribution in [2.45, 2.75) is 45.6 Å². The predicted octanol–water partition coefficient (Wildman–Crippen LogP) is 1.68. The van der Waals surface area contributed by atoms with E-state index in [0.29, 0.717) is 12.0 Å². The van der Waals surface area contributed by atoms with E-state index in [1.54, 1.807) is 13.0 Å². The van der Waals surface area contributed by atoms with Crippen molar-refractivity contribution in [3.63, 3.8) is 0 Å². The van der Waals surface area contributed by atoms with Gasteiger partial charge in [0.2, 0.25) is 0 Å². The molecule has 0 amide bonds. The zero-order valence-corrected chi connectivity index (χ0v) is 10.9. The van der Waals surface area contributed by atoms with Gasteiger partial charge in [-0.25, -0.2) is 0 Å². The molecule has 3 atom stereocenters. The van der Waals surface area contributed by atoms with Gasteiger partial charge in [0.15, 0.2) is 5.78 Å². The maximum Gasteiger partial charge on any atom is 0.159 e. The minimum absolute atomic E-state index is 0.0107. The van der Waals surface area contributed by atoms with Gasteiger partial charge >= 0.3 is 0 Å². The van der Waals surface area contributed by atoms with Crippen molar-refractivity contribution >= 4 is 5.78 Å². The number of aliphatic hydroxyl groups is 2. The Bertz CT molecular complexity index is 366. The van der Waals surface area contributed by atoms with Crippen molar-refractivity contribution in [3.8, 4) is 0 Å². The molecule has 3 unspecified atom stereocenters. The first-order valence-corrected chi connectivity index (χ1v) is 6.36. The second kappa shape index (κ2) is 3.92. The molecule has 2 rings (SSSR count). The zero-order chi connectivity index (χ0) is 12.8. The molecule has 0 saturated heterocycles. The standard InChI is InChI=1S/C14H22O3/c1-13(2)7-10-11(8-13)14(3,17)9(4-5-15)6-12(10)16/h6,10-11,15,17H,4-5,7-8H2,1-3H3. The Balaban J connectivity index is 2.35. The molecular formula is C14H22O3. The zero-order valence-electron chi connectivity index (χ0n) is 10.9. The van der Waals surface area contributed by atoms with Crippen molar-refractivity contribution in [2.75, 3.05) is 6.61 Å². The van der Waals surface area contributed by atoms with Gasteiger partial charge in [-0.15, -0.1) is 0 Å². The molecule has 0 heterocycles. The molecule has 0 aliphatic heterocycles. The van der Waals surface area contributed by atoms with Gasteiger partial charge in [-0.1, -0.05) is 13.8 Å². The van der Waals surface area contributed by atoms with Crippen LogP contribution in [0.4, 0.5) is 0 Å². The van der Waals surface area contributed by atoms with Gasteiger partial charge in [0.05, 0.1) is 5.60 Å². The molecule has 1 fully saturated rings. The lowest BCUT2D eigenvalue weighted by Gasteiger charge is -2.39. The Morgan fingerprint density at radius 3 is 2.59 bits per heavy atom. The average Bonchev–Trinajstić information content (AvgIpc) is 2.53. The van der Waals surface area contributed by atoms with E-state index >= 15 is 0 Å². The van der Waals surface area contributed by atoms with Crippen LogP contribution in [0.3, 0.4) is 0 Å². The van der Waals surface area contributed by atoms with E-state index in [1.807, 2.05) is 0 Å². The number of hydrogen-bond acceptors (Lipinski definition) is 3. The number of ketones is 1. The second-order valence-electron chi connectivity index (χ2n) is 6.48. The molecule has 0 aromatic carbocycles. The summed E-state index contributed by atoms with van der Waals surface area (Å²) in [4.78, 5) is 12.1. The van der Waals surface area contributed by atoms with E-state index in [4.69, 9.17) is 5.11 Å². The molecule has 0 bridgehead atoms. The van der Waals surface area contributed by atoms with Crippen LogP contribution in [0.1, 0.15) is 40.0 Å². The fourth-order valence-electron chi connectivity index (χ4n) is 3.56. The molecule has 96 valence electrons. The van der Waals surface area contributed by atoms with Crippen LogP contribution in [-0.2, 0) is 4.79 Å². The van der Waals surface area contributed by atoms with Gasteiger partial charge in [-0.3, -0.25) is 4.79 Å². The Morgan fingerprint density at radius 1 is 1.35 bits per heavy atom. The van der Waals surface area contributed by atoms with Gasteiger partial charge in [-0.2, -0.15) is 0 Å². The maximum absolute atomic E-state index is 12.1. The minimum atomic E-state index is -0.935. The normalized spacial score (nSPS) is 40.1. The van der Waals surface area contributed by atoms with Gasteiger partial charge in [-0.05, 0) is 43.3 Å². The fourth-order valence-corrected chi connectivity index (χ4v) is 3.56. The lowest BCUT2D eigenvalue weighted by atomic mass is 9.69. The highest BCUT2D eigenvalue weighted by molar-refractivity contribution is 5.94. The SMILES string of the molecule is CC1(C)CC2C(=O)C=C(CCO)C(C)(O)C2C1. The lowest BCUT2D eigenvalue weighted by Crippen LogP contribution is -2.44. The molecule has 3 heteroatoms. The molecule has 2 aliphatic carbocycles. The smallest absolute Gasteiger partial charge is 0.159 e. The average molecular weight is 238 g/mol. The second-order valence-corrected chi connectivity index (χ2v) is 6.48. The minimum Gasteiger partial charge on any atom is -0.396 e. The van der Waals surface area contributed by atoms with E-state index in [2.05, 4.69) is 13.8 Å². The summed E-state index contributed by atoms with van der Waals surface area (Å²) in [7, 11) is 0. The van der Waals surface area contributed by atoms with E-state index in [0.717, 1.165) is 12.8 Å². The summed E-state index contributed by atoms with van der Waals surface area (Å²) in [6, 6.07) is 0. The molecule has 0 aromatic heterocycles. The fraction of sp³-hybridized carbons (Fsp3) is 0.786. The van der Waals surface area contributed by atoms with Crippen LogP contribution in [0.5, 0.6) is 0 Å². The number of hydrogen-bond donors (Lipinski definition) is 2. The molecule has 2 N–H and O–H groups in total. The van der Waals surface area contributed by atoms with Crippen LogP contribution in [0.15, 0.2) is 11.6 Å². The summed E-state index contributed by atoms with van der Waals surface area (Å²) >= 11 is 0. The van der Waals surface area contributed by atoms with Crippen molar-refractivity contribution in [2.24, 2.45) is 17.3 Å². The Morgan fingerprint density at radius 2 is 2.00 bits per heavy atom. The van der Waals surface area contributed by atoms with E-state index < -0.39 is 5.60 Å². The third-order valence-corrected chi connectivity index (χ3v) is 4.47. The third-order valence-electron chi connectivity index (χ3n) is 4.47. The lowest BCUT2D eigenvalue weighted by molar-refractivity contribution is -0.124. The maximum atomic E-state index is 12.1. The highest BCUT2D eigenvalue weighted by atomic mass is 16.3. The topological polar surface area (TPSA) is 57.5 Å². The summed E-state index contributed by atoms with van der Waals surface area (Å²) in [5.41, 5.74) is -0.115. The van der Waals surface area contributed by atoms with Crippen LogP contribution in [0.25, 0.3) is 0 Å². The monoisotopic (exact) mass is 238 g/mol. The molecule has 0 spiro atoms. The first kappa shape index (κ1) is 12.8. The van der Waals surface area contributed by atoms with Crippen LogP contribution in [0.2, 0.25) is 0 Å². The number of carbonyl (C=O) groups excluding carboxylic acids is 1. The first-order valence-electron chi connectivity index (χ1n) is 6.36. The summed E-state index contributed by atoms with van der Waals surface area (Å²) in [6.07, 6.45) is 3.69. The third kappa shape index (κ3) is 2.06. The van der Waals surface area contributed by atoms with Gasteiger partial charge in [0.25, 0.3) is 0 Å². The summed E-state index contributed by atoms with van der Waals surface area (Å²) in [5.74, 6) is 0.106. The molecule has 0 aromatic rings. The molecule has 0 radical (unpaired) electrons. The number of carbonyl (C=O) groups is 1. The number of allylic oxidation sites excluding steroid dienone is 1. The Kier molecular flexibility index (Phi) is 2.95. The van der Waals surface area contributed by atoms with Crippen LogP contribution in [0, 0.1) is 17.3 Å². The van der Waals surface area contributed by atoms with Crippen molar-refractivity contribution in [1.82, 2.24) is 0 Å². The Labute approximate surface area is 103 Å². The van der Waals surface area contributed by atoms with E-state index in [9.17, 15) is 9.90 Å². The molecule has 1 saturated carbocycles.